The van der Waals surface area contributed by atoms with E-state index in [0.717, 1.165) is 11.3 Å². The number of thiophene rings is 1. The first kappa shape index (κ1) is 12.8. The van der Waals surface area contributed by atoms with Gasteiger partial charge in [-0.25, -0.2) is 0 Å². The summed E-state index contributed by atoms with van der Waals surface area (Å²) in [6.07, 6.45) is 2.54. The summed E-state index contributed by atoms with van der Waals surface area (Å²) in [5.41, 5.74) is 0.334. The Morgan fingerprint density at radius 1 is 1.50 bits per heavy atom. The molecule has 2 rings (SSSR count). The second-order valence-corrected chi connectivity index (χ2v) is 6.75. The maximum Gasteiger partial charge on any atom is 0.293 e. The number of hydrogen-bond acceptors (Lipinski definition) is 4. The summed E-state index contributed by atoms with van der Waals surface area (Å²) in [7, 11) is -0.388. The zero-order valence-corrected chi connectivity index (χ0v) is 11.4. The Morgan fingerprint density at radius 2 is 2.22 bits per heavy atom. The van der Waals surface area contributed by atoms with Crippen LogP contribution in [0, 0.1) is 5.21 Å². The summed E-state index contributed by atoms with van der Waals surface area (Å²) < 4.78 is 28.6. The molecule has 2 aromatic heterocycles. The fourth-order valence-electron chi connectivity index (χ4n) is 1.29. The van der Waals surface area contributed by atoms with Gasteiger partial charge in [-0.15, -0.1) is 15.7 Å². The molecular weight excluding hydrogens is 274 g/mol. The van der Waals surface area contributed by atoms with Crippen molar-refractivity contribution < 1.29 is 13.1 Å². The largest absolute Gasteiger partial charge is 0.618 e. The minimum absolute atomic E-state index is 0.0615. The third kappa shape index (κ3) is 2.44. The molecule has 0 aliphatic rings. The van der Waals surface area contributed by atoms with Crippen LogP contribution in [0.4, 0.5) is 0 Å². The van der Waals surface area contributed by atoms with Crippen LogP contribution >= 0.6 is 11.3 Å². The van der Waals surface area contributed by atoms with Crippen LogP contribution in [0.2, 0.25) is 0 Å². The highest BCUT2D eigenvalue weighted by molar-refractivity contribution is 7.92. The number of sulfonamides is 1. The Morgan fingerprint density at radius 3 is 2.83 bits per heavy atom. The predicted octanol–water partition coefficient (Wildman–Crippen LogP) is 0.813. The van der Waals surface area contributed by atoms with Crippen LogP contribution in [-0.2, 0) is 10.0 Å². The number of rotatable bonds is 3. The number of hydrogen-bond donors (Lipinski definition) is 0. The van der Waals surface area contributed by atoms with Gasteiger partial charge in [0.1, 0.15) is 15.2 Å². The van der Waals surface area contributed by atoms with Crippen molar-refractivity contribution in [3.63, 3.8) is 0 Å². The molecule has 2 aromatic rings. The Kier molecular flexibility index (Phi) is 3.22. The van der Waals surface area contributed by atoms with Crippen LogP contribution in [0.25, 0.3) is 10.2 Å². The number of aromatic nitrogens is 1. The van der Waals surface area contributed by atoms with Crippen molar-refractivity contribution in [2.24, 2.45) is 4.40 Å². The summed E-state index contributed by atoms with van der Waals surface area (Å²) >= 11 is 1.03. The molecule has 6 nitrogen and oxygen atoms in total. The van der Waals surface area contributed by atoms with E-state index in [1.54, 1.807) is 26.2 Å². The van der Waals surface area contributed by atoms with E-state index >= 15 is 0 Å². The zero-order chi connectivity index (χ0) is 13.3. The highest BCUT2D eigenvalue weighted by atomic mass is 32.2. The lowest BCUT2D eigenvalue weighted by atomic mass is 10.4. The normalized spacial score (nSPS) is 12.3. The molecule has 8 heteroatoms. The fraction of sp³-hybridized carbons (Fsp3) is 0.200. The van der Waals surface area contributed by atoms with Gasteiger partial charge in [-0.2, -0.15) is 13.1 Å². The smallest absolute Gasteiger partial charge is 0.293 e. The average Bonchev–Trinajstić information content (AvgIpc) is 2.73. The molecule has 0 bridgehead atoms. The van der Waals surface area contributed by atoms with Gasteiger partial charge < -0.3 is 10.1 Å². The number of fused-ring (bicyclic) bond motifs is 1. The molecule has 0 atom stereocenters. The van der Waals surface area contributed by atoms with Gasteiger partial charge >= 0.3 is 0 Å². The van der Waals surface area contributed by atoms with Crippen molar-refractivity contribution in [3.05, 3.63) is 29.6 Å². The topological polar surface area (TPSA) is 76.7 Å². The van der Waals surface area contributed by atoms with Gasteiger partial charge in [0.15, 0.2) is 6.20 Å². The van der Waals surface area contributed by atoms with Gasteiger partial charge in [0.25, 0.3) is 10.0 Å². The third-order valence-electron chi connectivity index (χ3n) is 2.10. The van der Waals surface area contributed by atoms with Gasteiger partial charge in [0, 0.05) is 26.2 Å². The predicted molar refractivity (Wildman–Crippen MR) is 70.1 cm³/mol. The van der Waals surface area contributed by atoms with Gasteiger partial charge in [-0.1, -0.05) is 0 Å². The third-order valence-corrected chi connectivity index (χ3v) is 4.86. The van der Waals surface area contributed by atoms with Crippen molar-refractivity contribution in [1.29, 1.82) is 0 Å². The van der Waals surface area contributed by atoms with Crippen LogP contribution in [0.15, 0.2) is 33.0 Å². The fourth-order valence-corrected chi connectivity index (χ4v) is 3.57. The van der Waals surface area contributed by atoms with E-state index < -0.39 is 10.0 Å². The molecule has 0 saturated heterocycles. The molecule has 0 N–H and O–H groups in total. The molecular formula is C10H11N3O3S2. The van der Waals surface area contributed by atoms with Crippen LogP contribution in [0.3, 0.4) is 0 Å². The molecule has 0 unspecified atom stereocenters. The Labute approximate surface area is 108 Å². The molecule has 0 radical (unpaired) electrons. The van der Waals surface area contributed by atoms with E-state index in [1.165, 1.54) is 23.5 Å². The van der Waals surface area contributed by atoms with Gasteiger partial charge in [0.05, 0.1) is 0 Å². The van der Waals surface area contributed by atoms with Crippen molar-refractivity contribution >= 4 is 37.9 Å². The highest BCUT2D eigenvalue weighted by Crippen LogP contribution is 2.27. The first-order valence-corrected chi connectivity index (χ1v) is 7.24. The number of nitrogens with zero attached hydrogens (tertiary/aromatic N) is 3. The monoisotopic (exact) mass is 285 g/mol. The first-order chi connectivity index (χ1) is 8.40. The van der Waals surface area contributed by atoms with Crippen molar-refractivity contribution in [2.45, 2.75) is 4.21 Å². The summed E-state index contributed by atoms with van der Waals surface area (Å²) in [6.45, 7) is 0. The molecule has 0 aromatic carbocycles. The van der Waals surface area contributed by atoms with E-state index in [1.807, 2.05) is 0 Å². The van der Waals surface area contributed by atoms with Crippen LogP contribution < -0.4 is 4.73 Å². The first-order valence-electron chi connectivity index (χ1n) is 4.99. The molecule has 18 heavy (non-hydrogen) atoms. The van der Waals surface area contributed by atoms with Crippen molar-refractivity contribution in [3.8, 4) is 0 Å². The maximum atomic E-state index is 11.9. The van der Waals surface area contributed by atoms with Crippen LogP contribution in [0.5, 0.6) is 0 Å². The molecule has 0 spiro atoms. The van der Waals surface area contributed by atoms with Crippen molar-refractivity contribution in [1.82, 2.24) is 4.90 Å². The molecule has 0 amide bonds. The minimum Gasteiger partial charge on any atom is -0.618 e. The second kappa shape index (κ2) is 4.54. The number of pyridine rings is 1. The SMILES string of the molecule is CN(C)C=NS(=O)(=O)c1cc2c(ccc[n+]2[O-])s1. The van der Waals surface area contributed by atoms with Gasteiger partial charge in [0.2, 0.25) is 5.52 Å². The quantitative estimate of drug-likeness (QED) is 0.362. The lowest BCUT2D eigenvalue weighted by molar-refractivity contribution is -0.576. The van der Waals surface area contributed by atoms with Gasteiger partial charge in [-0.3, -0.25) is 0 Å². The second-order valence-electron chi connectivity index (χ2n) is 3.81. The average molecular weight is 285 g/mol. The molecule has 0 fully saturated rings. The molecule has 96 valence electrons. The zero-order valence-electron chi connectivity index (χ0n) is 9.77. The standard InChI is InChI=1S/C10H11N3O3S2/c1-12(2)7-11-18(15,16)10-6-8-9(17-10)4-3-5-13(8)14/h3-7H,1-2H3. The summed E-state index contributed by atoms with van der Waals surface area (Å²) in [4.78, 5) is 1.53. The Bertz CT molecular complexity index is 704. The highest BCUT2D eigenvalue weighted by Gasteiger charge is 2.19. The Hall–Kier alpha value is -1.67. The maximum absolute atomic E-state index is 11.9. The van der Waals surface area contributed by atoms with Crippen molar-refractivity contribution in [2.75, 3.05) is 14.1 Å². The lowest BCUT2D eigenvalue weighted by Crippen LogP contribution is -2.24. The van der Waals surface area contributed by atoms with E-state index in [4.69, 9.17) is 0 Å². The van der Waals surface area contributed by atoms with Crippen LogP contribution in [-0.4, -0.2) is 33.8 Å². The summed E-state index contributed by atoms with van der Waals surface area (Å²) in [6, 6.07) is 4.61. The molecule has 0 aliphatic heterocycles. The molecule has 2 heterocycles. The van der Waals surface area contributed by atoms with E-state index in [9.17, 15) is 13.6 Å². The van der Waals surface area contributed by atoms with Crippen LogP contribution in [0.1, 0.15) is 0 Å². The molecule has 0 saturated carbocycles. The van der Waals surface area contributed by atoms with E-state index in [2.05, 4.69) is 4.40 Å². The van der Waals surface area contributed by atoms with E-state index in [0.29, 0.717) is 14.9 Å². The Balaban J connectivity index is 2.52. The van der Waals surface area contributed by atoms with Gasteiger partial charge in [-0.05, 0) is 6.07 Å². The summed E-state index contributed by atoms with van der Waals surface area (Å²) in [5, 5.41) is 11.5. The molecule has 0 aliphatic carbocycles. The minimum atomic E-state index is -3.74. The van der Waals surface area contributed by atoms with E-state index in [-0.39, 0.29) is 4.21 Å². The summed E-state index contributed by atoms with van der Waals surface area (Å²) in [5.74, 6) is 0. The lowest BCUT2D eigenvalue weighted by Gasteiger charge is -2.01.